The van der Waals surface area contributed by atoms with E-state index in [1.807, 2.05) is 0 Å². The van der Waals surface area contributed by atoms with Gasteiger partial charge in [-0.05, 0) is 42.7 Å². The van der Waals surface area contributed by atoms with E-state index < -0.39 is 0 Å². The number of fused-ring (bicyclic) bond motifs is 1. The van der Waals surface area contributed by atoms with Crippen molar-refractivity contribution < 1.29 is 4.79 Å². The minimum Gasteiger partial charge on any atom is -0.281 e. The van der Waals surface area contributed by atoms with Crippen LogP contribution in [0, 0.1) is 17.8 Å². The van der Waals surface area contributed by atoms with E-state index in [1.165, 1.54) is 32.1 Å². The number of halogens is 1. The van der Waals surface area contributed by atoms with Gasteiger partial charge in [-0.15, -0.1) is 0 Å². The highest BCUT2D eigenvalue weighted by Gasteiger charge is 2.34. The Morgan fingerprint density at radius 3 is 2.38 bits per heavy atom. The fourth-order valence-corrected chi connectivity index (χ4v) is 3.28. The van der Waals surface area contributed by atoms with E-state index in [4.69, 9.17) is 11.6 Å². The first kappa shape index (κ1) is 9.51. The minimum atomic E-state index is -0.0935. The van der Waals surface area contributed by atoms with Crippen LogP contribution in [0.15, 0.2) is 0 Å². The third kappa shape index (κ3) is 2.07. The van der Waals surface area contributed by atoms with Crippen molar-refractivity contribution in [2.45, 2.75) is 44.9 Å². The van der Waals surface area contributed by atoms with Crippen LogP contribution in [0.25, 0.3) is 0 Å². The molecular formula is C11H17ClO. The van der Waals surface area contributed by atoms with Crippen molar-refractivity contribution in [3.05, 3.63) is 0 Å². The summed E-state index contributed by atoms with van der Waals surface area (Å²) in [5, 5.41) is -0.0935. The van der Waals surface area contributed by atoms with Crippen LogP contribution in [-0.4, -0.2) is 5.24 Å². The van der Waals surface area contributed by atoms with Crippen LogP contribution in [0.5, 0.6) is 0 Å². The molecule has 0 heterocycles. The summed E-state index contributed by atoms with van der Waals surface area (Å²) in [4.78, 5) is 11.0. The van der Waals surface area contributed by atoms with Gasteiger partial charge in [0.1, 0.15) is 0 Å². The monoisotopic (exact) mass is 200 g/mol. The molecule has 0 saturated heterocycles. The van der Waals surface area contributed by atoms with Crippen molar-refractivity contribution in [1.29, 1.82) is 0 Å². The fraction of sp³-hybridized carbons (Fsp3) is 0.909. The summed E-state index contributed by atoms with van der Waals surface area (Å²) in [5.74, 6) is 1.91. The quantitative estimate of drug-likeness (QED) is 0.594. The van der Waals surface area contributed by atoms with Crippen LogP contribution in [0.1, 0.15) is 44.9 Å². The van der Waals surface area contributed by atoms with E-state index in [2.05, 4.69) is 0 Å². The van der Waals surface area contributed by atoms with Crippen LogP contribution in [0.2, 0.25) is 0 Å². The Kier molecular flexibility index (Phi) is 2.92. The average Bonchev–Trinajstić information content (AvgIpc) is 2.17. The maximum Gasteiger partial charge on any atom is 0.224 e. The summed E-state index contributed by atoms with van der Waals surface area (Å²) in [7, 11) is 0. The van der Waals surface area contributed by atoms with Crippen molar-refractivity contribution in [3.8, 4) is 0 Å². The Bertz CT molecular complexity index is 202. The van der Waals surface area contributed by atoms with Crippen molar-refractivity contribution in [3.63, 3.8) is 0 Å². The van der Waals surface area contributed by atoms with Crippen LogP contribution in [0.3, 0.4) is 0 Å². The lowest BCUT2D eigenvalue weighted by Gasteiger charge is -2.38. The molecule has 13 heavy (non-hydrogen) atoms. The summed E-state index contributed by atoms with van der Waals surface area (Å²) >= 11 is 5.55. The van der Waals surface area contributed by atoms with Gasteiger partial charge in [-0.3, -0.25) is 4.79 Å². The number of carbonyl (C=O) groups excluding carboxylic acids is 1. The average molecular weight is 201 g/mol. The molecule has 2 rings (SSSR count). The second-order valence-corrected chi connectivity index (χ2v) is 4.99. The van der Waals surface area contributed by atoms with E-state index in [0.717, 1.165) is 24.7 Å². The molecule has 0 amide bonds. The van der Waals surface area contributed by atoms with Gasteiger partial charge in [0.15, 0.2) is 0 Å². The Hall–Kier alpha value is -0.0400. The topological polar surface area (TPSA) is 17.1 Å². The zero-order valence-electron chi connectivity index (χ0n) is 7.97. The highest BCUT2D eigenvalue weighted by atomic mass is 35.5. The Morgan fingerprint density at radius 1 is 1.00 bits per heavy atom. The number of carbonyl (C=O) groups is 1. The smallest absolute Gasteiger partial charge is 0.224 e. The summed E-state index contributed by atoms with van der Waals surface area (Å²) in [5.41, 5.74) is 0. The first-order valence-corrected chi connectivity index (χ1v) is 5.84. The molecule has 2 saturated carbocycles. The fourth-order valence-electron chi connectivity index (χ4n) is 3.08. The lowest BCUT2D eigenvalue weighted by atomic mass is 9.68. The van der Waals surface area contributed by atoms with E-state index >= 15 is 0 Å². The molecule has 1 nitrogen and oxygen atoms in total. The van der Waals surface area contributed by atoms with Crippen LogP contribution in [0.4, 0.5) is 0 Å². The Balaban J connectivity index is 1.95. The van der Waals surface area contributed by atoms with Gasteiger partial charge < -0.3 is 0 Å². The van der Waals surface area contributed by atoms with Crippen LogP contribution < -0.4 is 0 Å². The summed E-state index contributed by atoms with van der Waals surface area (Å²) < 4.78 is 0. The van der Waals surface area contributed by atoms with Gasteiger partial charge in [0.2, 0.25) is 5.24 Å². The SMILES string of the molecule is O=C(Cl)[C@@H]1CC[C@H]2CCCC[C@H]2C1. The number of rotatable bonds is 1. The van der Waals surface area contributed by atoms with Crippen molar-refractivity contribution in [1.82, 2.24) is 0 Å². The molecule has 0 bridgehead atoms. The third-order valence-corrected chi connectivity index (χ3v) is 4.17. The molecule has 0 aliphatic heterocycles. The molecular weight excluding hydrogens is 184 g/mol. The molecule has 2 heteroatoms. The molecule has 3 atom stereocenters. The first-order valence-electron chi connectivity index (χ1n) is 5.46. The lowest BCUT2D eigenvalue weighted by Crippen LogP contribution is -2.29. The number of hydrogen-bond donors (Lipinski definition) is 0. The molecule has 74 valence electrons. The summed E-state index contributed by atoms with van der Waals surface area (Å²) in [6.45, 7) is 0. The Labute approximate surface area is 84.8 Å². The minimum absolute atomic E-state index is 0.0935. The second-order valence-electron chi connectivity index (χ2n) is 4.62. The Morgan fingerprint density at radius 2 is 1.69 bits per heavy atom. The standard InChI is InChI=1S/C11H17ClO/c12-11(13)10-6-5-8-3-1-2-4-9(8)7-10/h8-10H,1-7H2/t8-,9+,10-/m1/s1. The van der Waals surface area contributed by atoms with Gasteiger partial charge in [-0.25, -0.2) is 0 Å². The molecule has 2 fully saturated rings. The molecule has 2 aliphatic rings. The maximum absolute atomic E-state index is 11.0. The molecule has 0 aromatic heterocycles. The van der Waals surface area contributed by atoms with Crippen molar-refractivity contribution in [2.75, 3.05) is 0 Å². The van der Waals surface area contributed by atoms with Crippen molar-refractivity contribution >= 4 is 16.8 Å². The van der Waals surface area contributed by atoms with E-state index in [-0.39, 0.29) is 11.2 Å². The molecule has 2 aliphatic carbocycles. The predicted molar refractivity (Wildman–Crippen MR) is 53.6 cm³/mol. The summed E-state index contributed by atoms with van der Waals surface area (Å²) in [6, 6.07) is 0. The van der Waals surface area contributed by atoms with Gasteiger partial charge >= 0.3 is 0 Å². The van der Waals surface area contributed by atoms with Crippen LogP contribution in [-0.2, 0) is 4.79 Å². The normalized spacial score (nSPS) is 39.6. The van der Waals surface area contributed by atoms with E-state index in [0.29, 0.717) is 0 Å². The highest BCUT2D eigenvalue weighted by Crippen LogP contribution is 2.43. The largest absolute Gasteiger partial charge is 0.281 e. The molecule has 0 radical (unpaired) electrons. The second kappa shape index (κ2) is 4.00. The third-order valence-electron chi connectivity index (χ3n) is 3.86. The zero-order chi connectivity index (χ0) is 9.26. The van der Waals surface area contributed by atoms with Gasteiger partial charge in [0.25, 0.3) is 0 Å². The maximum atomic E-state index is 11.0. The summed E-state index contributed by atoms with van der Waals surface area (Å²) in [6.07, 6.45) is 8.87. The van der Waals surface area contributed by atoms with E-state index in [9.17, 15) is 4.79 Å². The lowest BCUT2D eigenvalue weighted by molar-refractivity contribution is -0.117. The van der Waals surface area contributed by atoms with Gasteiger partial charge in [0, 0.05) is 5.92 Å². The van der Waals surface area contributed by atoms with Crippen molar-refractivity contribution in [2.24, 2.45) is 17.8 Å². The van der Waals surface area contributed by atoms with E-state index in [1.54, 1.807) is 0 Å². The molecule has 0 unspecified atom stereocenters. The molecule has 0 aromatic carbocycles. The van der Waals surface area contributed by atoms with Gasteiger partial charge in [0.05, 0.1) is 0 Å². The molecule has 0 N–H and O–H groups in total. The first-order chi connectivity index (χ1) is 6.27. The molecule has 0 aromatic rings. The number of hydrogen-bond acceptors (Lipinski definition) is 1. The van der Waals surface area contributed by atoms with Gasteiger partial charge in [-0.1, -0.05) is 25.7 Å². The van der Waals surface area contributed by atoms with Gasteiger partial charge in [-0.2, -0.15) is 0 Å². The zero-order valence-corrected chi connectivity index (χ0v) is 8.72. The van der Waals surface area contributed by atoms with Crippen LogP contribution >= 0.6 is 11.6 Å². The predicted octanol–water partition coefficient (Wildman–Crippen LogP) is 3.36. The highest BCUT2D eigenvalue weighted by molar-refractivity contribution is 6.63. The molecule has 0 spiro atoms.